The minimum atomic E-state index is -2.95. The molecule has 2 N–H and O–H groups in total. The van der Waals surface area contributed by atoms with E-state index in [-0.39, 0.29) is 17.5 Å². The number of hydrazone groups is 1. The molecule has 2 heterocycles. The van der Waals surface area contributed by atoms with Crippen molar-refractivity contribution in [2.45, 2.75) is 65.5 Å². The van der Waals surface area contributed by atoms with Gasteiger partial charge in [-0.2, -0.15) is 10.2 Å². The quantitative estimate of drug-likeness (QED) is 0.438. The van der Waals surface area contributed by atoms with E-state index in [0.29, 0.717) is 29.4 Å². The van der Waals surface area contributed by atoms with Crippen LogP contribution in [-0.2, 0) is 9.84 Å². The summed E-state index contributed by atoms with van der Waals surface area (Å²) in [5.41, 5.74) is 5.58. The fraction of sp³-hybridized carbons (Fsp3) is 0.737. The molecule has 1 aliphatic carbocycles. The maximum absolute atomic E-state index is 11.8. The molecule has 0 radical (unpaired) electrons. The highest BCUT2D eigenvalue weighted by Gasteiger charge is 2.31. The third-order valence-electron chi connectivity index (χ3n) is 6.32. The van der Waals surface area contributed by atoms with Gasteiger partial charge in [-0.15, -0.1) is 0 Å². The van der Waals surface area contributed by atoms with E-state index in [4.69, 9.17) is 12.2 Å². The molecule has 1 saturated heterocycles. The molecule has 1 aromatic heterocycles. The summed E-state index contributed by atoms with van der Waals surface area (Å²) in [7, 11) is -2.95. The smallest absolute Gasteiger partial charge is 0.187 e. The Morgan fingerprint density at radius 3 is 2.71 bits per heavy atom. The molecular formula is C19H31N5O2S2. The van der Waals surface area contributed by atoms with Crippen LogP contribution < -0.4 is 10.7 Å². The monoisotopic (exact) mass is 425 g/mol. The molecule has 28 heavy (non-hydrogen) atoms. The van der Waals surface area contributed by atoms with Crippen molar-refractivity contribution in [1.29, 1.82) is 0 Å². The predicted octanol–water partition coefficient (Wildman–Crippen LogP) is 2.48. The summed E-state index contributed by atoms with van der Waals surface area (Å²) in [6, 6.07) is 0.297. The lowest BCUT2D eigenvalue weighted by atomic mass is 9.78. The van der Waals surface area contributed by atoms with Gasteiger partial charge in [0.1, 0.15) is 0 Å². The van der Waals surface area contributed by atoms with E-state index in [1.165, 1.54) is 12.8 Å². The molecule has 0 amide bonds. The van der Waals surface area contributed by atoms with E-state index in [1.807, 2.05) is 18.5 Å². The fourth-order valence-corrected chi connectivity index (χ4v) is 6.22. The van der Waals surface area contributed by atoms with E-state index in [0.717, 1.165) is 23.4 Å². The van der Waals surface area contributed by atoms with Crippen LogP contribution in [-0.4, -0.2) is 47.1 Å². The van der Waals surface area contributed by atoms with Crippen molar-refractivity contribution >= 4 is 33.4 Å². The van der Waals surface area contributed by atoms with E-state index < -0.39 is 9.84 Å². The van der Waals surface area contributed by atoms with Crippen LogP contribution in [0.1, 0.15) is 62.5 Å². The summed E-state index contributed by atoms with van der Waals surface area (Å²) < 4.78 is 25.4. The van der Waals surface area contributed by atoms with Gasteiger partial charge in [0.15, 0.2) is 14.9 Å². The molecule has 4 atom stereocenters. The highest BCUT2D eigenvalue weighted by molar-refractivity contribution is 7.91. The second-order valence-electron chi connectivity index (χ2n) is 8.30. The van der Waals surface area contributed by atoms with E-state index >= 15 is 0 Å². The van der Waals surface area contributed by atoms with Crippen LogP contribution in [0.25, 0.3) is 0 Å². The summed E-state index contributed by atoms with van der Waals surface area (Å²) in [6.07, 6.45) is 5.97. The summed E-state index contributed by atoms with van der Waals surface area (Å²) >= 11 is 5.40. The van der Waals surface area contributed by atoms with Crippen LogP contribution >= 0.6 is 12.2 Å². The van der Waals surface area contributed by atoms with Crippen LogP contribution in [0.5, 0.6) is 0 Å². The van der Waals surface area contributed by atoms with Crippen molar-refractivity contribution in [3.05, 3.63) is 17.0 Å². The fourth-order valence-electron chi connectivity index (χ4n) is 4.33. The predicted molar refractivity (Wildman–Crippen MR) is 116 cm³/mol. The van der Waals surface area contributed by atoms with Crippen LogP contribution in [0.3, 0.4) is 0 Å². The molecule has 2 fully saturated rings. The van der Waals surface area contributed by atoms with Gasteiger partial charge < -0.3 is 5.32 Å². The van der Waals surface area contributed by atoms with Crippen molar-refractivity contribution in [3.63, 3.8) is 0 Å². The van der Waals surface area contributed by atoms with Crippen molar-refractivity contribution in [2.75, 3.05) is 11.5 Å². The Morgan fingerprint density at radius 2 is 2.04 bits per heavy atom. The van der Waals surface area contributed by atoms with Crippen molar-refractivity contribution < 1.29 is 8.42 Å². The first-order chi connectivity index (χ1) is 13.2. The minimum Gasteiger partial charge on any atom is -0.358 e. The van der Waals surface area contributed by atoms with Gasteiger partial charge in [0, 0.05) is 17.3 Å². The number of nitrogens with zero attached hydrogens (tertiary/aromatic N) is 3. The van der Waals surface area contributed by atoms with E-state index in [1.54, 1.807) is 6.21 Å². The van der Waals surface area contributed by atoms with Crippen molar-refractivity contribution in [3.8, 4) is 0 Å². The molecule has 0 bridgehead atoms. The first-order valence-corrected chi connectivity index (χ1v) is 12.3. The Morgan fingerprint density at radius 1 is 1.29 bits per heavy atom. The number of nitrogens with one attached hydrogen (secondary N) is 2. The van der Waals surface area contributed by atoms with E-state index in [9.17, 15) is 8.42 Å². The van der Waals surface area contributed by atoms with Crippen LogP contribution in [0.4, 0.5) is 0 Å². The third kappa shape index (κ3) is 4.74. The summed E-state index contributed by atoms with van der Waals surface area (Å²) in [5.74, 6) is 1.69. The maximum atomic E-state index is 11.8. The topological polar surface area (TPSA) is 88.4 Å². The number of hydrogen-bond acceptors (Lipinski definition) is 5. The number of aryl methyl sites for hydroxylation is 1. The van der Waals surface area contributed by atoms with Gasteiger partial charge in [0.2, 0.25) is 0 Å². The molecule has 0 aromatic carbocycles. The largest absolute Gasteiger partial charge is 0.358 e. The molecule has 9 heteroatoms. The number of thiocarbonyl (C=S) groups is 1. The van der Waals surface area contributed by atoms with Gasteiger partial charge in [-0.1, -0.05) is 26.7 Å². The number of hydrogen-bond donors (Lipinski definition) is 2. The Bertz CT molecular complexity index is 862. The van der Waals surface area contributed by atoms with Gasteiger partial charge in [-0.25, -0.2) is 8.42 Å². The molecule has 2 aliphatic rings. The zero-order valence-electron chi connectivity index (χ0n) is 17.1. The Labute approximate surface area is 173 Å². The molecule has 7 nitrogen and oxygen atoms in total. The molecule has 0 unspecified atom stereocenters. The Kier molecular flexibility index (Phi) is 6.44. The minimum absolute atomic E-state index is 0.0867. The highest BCUT2D eigenvalue weighted by atomic mass is 32.2. The van der Waals surface area contributed by atoms with Gasteiger partial charge in [-0.3, -0.25) is 10.1 Å². The van der Waals surface area contributed by atoms with Gasteiger partial charge in [-0.05, 0) is 50.7 Å². The normalized spacial score (nSPS) is 29.9. The lowest BCUT2D eigenvalue weighted by Crippen LogP contribution is -2.46. The molecule has 1 saturated carbocycles. The lowest BCUT2D eigenvalue weighted by Gasteiger charge is -2.35. The molecule has 0 spiro atoms. The standard InChI is InChI=1S/C19H31N5O2S2/c1-12-6-5-7-18(13(12)2)21-19(27)22-20-10-17-14(3)23-24(15(17)4)16-8-9-28(25,26)11-16/h10,12-13,16,18H,5-9,11H2,1-4H3,(H2,21,22,27)/b20-10-/t12-,13-,16+,18-/m0/s1. The average Bonchev–Trinajstić information content (AvgIpc) is 3.12. The second-order valence-corrected chi connectivity index (χ2v) is 10.9. The van der Waals surface area contributed by atoms with Crippen molar-refractivity contribution in [1.82, 2.24) is 20.5 Å². The van der Waals surface area contributed by atoms with Crippen LogP contribution in [0.2, 0.25) is 0 Å². The molecule has 1 aromatic rings. The number of rotatable bonds is 4. The van der Waals surface area contributed by atoms with Crippen molar-refractivity contribution in [2.24, 2.45) is 16.9 Å². The van der Waals surface area contributed by atoms with Gasteiger partial charge in [0.05, 0.1) is 29.5 Å². The van der Waals surface area contributed by atoms with Gasteiger partial charge >= 0.3 is 0 Å². The molecule has 156 valence electrons. The highest BCUT2D eigenvalue weighted by Crippen LogP contribution is 2.29. The molecule has 3 rings (SSSR count). The summed E-state index contributed by atoms with van der Waals surface area (Å²) in [5, 5.41) is 12.8. The van der Waals surface area contributed by atoms with Crippen LogP contribution in [0.15, 0.2) is 5.10 Å². The first-order valence-electron chi connectivity index (χ1n) is 10.0. The summed E-state index contributed by atoms with van der Waals surface area (Å²) in [6.45, 7) is 8.44. The van der Waals surface area contributed by atoms with Gasteiger partial charge in [0.25, 0.3) is 0 Å². The zero-order valence-corrected chi connectivity index (χ0v) is 18.7. The zero-order chi connectivity index (χ0) is 20.5. The van der Waals surface area contributed by atoms with E-state index in [2.05, 4.69) is 34.8 Å². The number of aromatic nitrogens is 2. The molecule has 1 aliphatic heterocycles. The average molecular weight is 426 g/mol. The van der Waals surface area contributed by atoms with Crippen LogP contribution in [0, 0.1) is 25.7 Å². The Hall–Kier alpha value is -1.48. The summed E-state index contributed by atoms with van der Waals surface area (Å²) in [4.78, 5) is 0. The first kappa shape index (κ1) is 21.2. The second kappa shape index (κ2) is 8.49. The SMILES string of the molecule is Cc1nn([C@@H]2CCS(=O)(=O)C2)c(C)c1/C=N\NC(=S)N[C@H]1CCC[C@H](C)[C@@H]1C. The Balaban J connectivity index is 1.61. The molecular weight excluding hydrogens is 394 g/mol. The maximum Gasteiger partial charge on any atom is 0.187 e. The third-order valence-corrected chi connectivity index (χ3v) is 8.28. The number of sulfone groups is 1. The lowest BCUT2D eigenvalue weighted by molar-refractivity contribution is 0.224.